The molecule has 2 heterocycles. The van der Waals surface area contributed by atoms with E-state index in [2.05, 4.69) is 88.0 Å². The van der Waals surface area contributed by atoms with E-state index in [9.17, 15) is 0 Å². The fraction of sp³-hybridized carbons (Fsp3) is 0.167. The molecule has 2 aliphatic rings. The maximum atomic E-state index is 15.9. The molecule has 2 aliphatic heterocycles. The quantitative estimate of drug-likeness (QED) is 0.210. The van der Waals surface area contributed by atoms with E-state index in [-0.39, 0.29) is 5.41 Å². The van der Waals surface area contributed by atoms with Crippen molar-refractivity contribution >= 4 is 63.2 Å². The average Bonchev–Trinajstić information content (AvgIpc) is 2.97. The van der Waals surface area contributed by atoms with E-state index >= 15 is 9.13 Å². The zero-order chi connectivity index (χ0) is 28.7. The van der Waals surface area contributed by atoms with Gasteiger partial charge in [-0.1, -0.05) is 105 Å². The summed E-state index contributed by atoms with van der Waals surface area (Å²) in [6.45, 7) is 10.6. The third-order valence-corrected chi connectivity index (χ3v) is 14.7. The summed E-state index contributed by atoms with van der Waals surface area (Å²) in [6, 6.07) is 36.5. The Labute approximate surface area is 242 Å². The Bertz CT molecular complexity index is 1820. The summed E-state index contributed by atoms with van der Waals surface area (Å²) in [6.07, 6.45) is 0. The first-order valence-electron chi connectivity index (χ1n) is 14.1. The van der Waals surface area contributed by atoms with Gasteiger partial charge >= 0.3 is 0 Å². The maximum Gasteiger partial charge on any atom is 0.175 e. The van der Waals surface area contributed by atoms with Crippen molar-refractivity contribution in [2.24, 2.45) is 0 Å². The lowest BCUT2D eigenvalue weighted by molar-refractivity contribution is 0.587. The van der Waals surface area contributed by atoms with Gasteiger partial charge < -0.3 is 14.0 Å². The Morgan fingerprint density at radius 3 is 1.34 bits per heavy atom. The molecule has 0 aromatic heterocycles. The minimum absolute atomic E-state index is 0.251. The van der Waals surface area contributed by atoms with E-state index in [1.807, 2.05) is 60.7 Å². The normalized spacial score (nSPS) is 20.7. The van der Waals surface area contributed by atoms with E-state index in [4.69, 9.17) is 0 Å². The van der Waals surface area contributed by atoms with E-state index in [0.29, 0.717) is 0 Å². The van der Waals surface area contributed by atoms with Crippen molar-refractivity contribution in [1.82, 2.24) is 0 Å². The highest BCUT2D eigenvalue weighted by Crippen LogP contribution is 2.61. The molecular weight excluding hydrogens is 540 g/mol. The zero-order valence-corrected chi connectivity index (χ0v) is 25.8. The van der Waals surface area contributed by atoms with Crippen molar-refractivity contribution < 1.29 is 9.13 Å². The summed E-state index contributed by atoms with van der Waals surface area (Å²) >= 11 is 0. The van der Waals surface area contributed by atoms with Crippen LogP contribution in [0.1, 0.15) is 37.5 Å². The highest BCUT2D eigenvalue weighted by Gasteiger charge is 2.50. The van der Waals surface area contributed by atoms with Crippen LogP contribution in [0.3, 0.4) is 0 Å². The van der Waals surface area contributed by atoms with Crippen LogP contribution in [-0.4, -0.2) is 0 Å². The molecular formula is C36H33NO2P2. The Morgan fingerprint density at radius 1 is 0.537 bits per heavy atom. The number of rotatable bonds is 2. The van der Waals surface area contributed by atoms with Gasteiger partial charge in [-0.3, -0.25) is 0 Å². The molecule has 3 nitrogen and oxygen atoms in total. The molecule has 0 bridgehead atoms. The minimum Gasteiger partial charge on any atom is -0.308 e. The van der Waals surface area contributed by atoms with Crippen molar-refractivity contribution in [1.29, 1.82) is 0 Å². The number of hydrogen-bond donors (Lipinski definition) is 0. The maximum absolute atomic E-state index is 15.9. The molecule has 0 fully saturated rings. The molecule has 2 atom stereocenters. The van der Waals surface area contributed by atoms with Gasteiger partial charge in [-0.2, -0.15) is 0 Å². The van der Waals surface area contributed by atoms with E-state index < -0.39 is 14.3 Å². The number of fused-ring (bicyclic) bond motifs is 4. The standard InChI is InChI=1S/C36H33NO2P2/c1-24-16-18-29-31(20-24)40(38,27-12-8-6-9-13-27)33-22-26(36(3,4)5)23-34-35(33)37(29)30-19-17-25(2)21-32(30)41(34,39)28-14-10-7-11-15-28/h6-23H,1-5H3. The van der Waals surface area contributed by atoms with Gasteiger partial charge in [-0.25, -0.2) is 0 Å². The van der Waals surface area contributed by atoms with Crippen LogP contribution in [0.2, 0.25) is 0 Å². The molecule has 7 rings (SSSR count). The number of nitrogens with zero attached hydrogens (tertiary/aromatic N) is 1. The van der Waals surface area contributed by atoms with Gasteiger partial charge in [0.15, 0.2) is 14.3 Å². The largest absolute Gasteiger partial charge is 0.308 e. The molecule has 0 amide bonds. The van der Waals surface area contributed by atoms with Crippen LogP contribution in [0.5, 0.6) is 0 Å². The molecule has 204 valence electrons. The van der Waals surface area contributed by atoms with Crippen LogP contribution < -0.4 is 36.7 Å². The molecule has 5 aromatic carbocycles. The topological polar surface area (TPSA) is 37.4 Å². The van der Waals surface area contributed by atoms with Crippen LogP contribution in [0.4, 0.5) is 17.1 Å². The van der Waals surface area contributed by atoms with Gasteiger partial charge in [0.05, 0.1) is 17.1 Å². The summed E-state index contributed by atoms with van der Waals surface area (Å²) in [5.41, 5.74) is 5.50. The fourth-order valence-electron chi connectivity index (χ4n) is 6.36. The number of benzene rings is 5. The van der Waals surface area contributed by atoms with E-state index in [1.54, 1.807) is 0 Å². The van der Waals surface area contributed by atoms with Crippen LogP contribution in [0.15, 0.2) is 109 Å². The van der Waals surface area contributed by atoms with Gasteiger partial charge in [-0.15, -0.1) is 0 Å². The van der Waals surface area contributed by atoms with Crippen LogP contribution >= 0.6 is 14.3 Å². The first-order chi connectivity index (χ1) is 19.5. The molecule has 0 N–H and O–H groups in total. The molecule has 0 saturated carbocycles. The smallest absolute Gasteiger partial charge is 0.175 e. The first-order valence-corrected chi connectivity index (χ1v) is 17.5. The van der Waals surface area contributed by atoms with Gasteiger partial charge in [0.1, 0.15) is 0 Å². The number of anilines is 3. The fourth-order valence-corrected chi connectivity index (χ4v) is 12.7. The molecule has 2 unspecified atom stereocenters. The summed E-state index contributed by atoms with van der Waals surface area (Å²) in [7, 11) is -6.69. The van der Waals surface area contributed by atoms with Crippen LogP contribution in [0, 0.1) is 13.8 Å². The minimum atomic E-state index is -3.34. The van der Waals surface area contributed by atoms with Gasteiger partial charge in [0.25, 0.3) is 0 Å². The summed E-state index contributed by atoms with van der Waals surface area (Å²) < 4.78 is 31.9. The third-order valence-electron chi connectivity index (χ3n) is 8.50. The summed E-state index contributed by atoms with van der Waals surface area (Å²) in [5, 5.41) is 4.79. The van der Waals surface area contributed by atoms with Crippen molar-refractivity contribution in [3.05, 3.63) is 126 Å². The molecule has 0 aliphatic carbocycles. The Balaban J connectivity index is 1.73. The molecule has 5 heteroatoms. The van der Waals surface area contributed by atoms with Crippen LogP contribution in [0.25, 0.3) is 0 Å². The predicted octanol–water partition coefficient (Wildman–Crippen LogP) is 6.98. The lowest BCUT2D eigenvalue weighted by atomic mass is 9.87. The molecule has 0 spiro atoms. The Morgan fingerprint density at radius 2 is 0.951 bits per heavy atom. The second-order valence-corrected chi connectivity index (χ2v) is 17.7. The van der Waals surface area contributed by atoms with E-state index in [1.165, 1.54) is 0 Å². The highest BCUT2D eigenvalue weighted by atomic mass is 31.2. The third kappa shape index (κ3) is 3.66. The van der Waals surface area contributed by atoms with Gasteiger partial charge in [-0.05, 0) is 61.2 Å². The lowest BCUT2D eigenvalue weighted by Crippen LogP contribution is -2.46. The second kappa shape index (κ2) is 8.93. The number of aryl methyl sites for hydroxylation is 2. The van der Waals surface area contributed by atoms with Crippen molar-refractivity contribution in [3.8, 4) is 0 Å². The summed E-state index contributed by atoms with van der Waals surface area (Å²) in [4.78, 5) is 2.23. The molecule has 5 aromatic rings. The van der Waals surface area contributed by atoms with Crippen molar-refractivity contribution in [2.75, 3.05) is 4.90 Å². The van der Waals surface area contributed by atoms with Crippen molar-refractivity contribution in [2.45, 2.75) is 40.0 Å². The highest BCUT2D eigenvalue weighted by molar-refractivity contribution is 7.88. The molecule has 41 heavy (non-hydrogen) atoms. The van der Waals surface area contributed by atoms with Gasteiger partial charge in [0.2, 0.25) is 0 Å². The van der Waals surface area contributed by atoms with Crippen molar-refractivity contribution in [3.63, 3.8) is 0 Å². The van der Waals surface area contributed by atoms with Gasteiger partial charge in [0, 0.05) is 31.8 Å². The second-order valence-electron chi connectivity index (χ2n) is 12.3. The number of hydrogen-bond acceptors (Lipinski definition) is 3. The van der Waals surface area contributed by atoms with Crippen LogP contribution in [-0.2, 0) is 14.5 Å². The average molecular weight is 574 g/mol. The molecule has 0 radical (unpaired) electrons. The first kappa shape index (κ1) is 26.3. The van der Waals surface area contributed by atoms with E-state index in [0.717, 1.165) is 65.6 Å². The predicted molar refractivity (Wildman–Crippen MR) is 175 cm³/mol. The SMILES string of the molecule is Cc1ccc2c(c1)P(=O)(c1ccccc1)c1cc(C(C)(C)C)cc3c1N2c1ccc(C)cc1P3(=O)c1ccccc1. The lowest BCUT2D eigenvalue weighted by Gasteiger charge is -2.45. The Kier molecular flexibility index (Phi) is 5.72. The zero-order valence-electron chi connectivity index (χ0n) is 24.1. The monoisotopic (exact) mass is 573 g/mol. The Hall–Kier alpha value is -3.64. The molecule has 0 saturated heterocycles. The summed E-state index contributed by atoms with van der Waals surface area (Å²) in [5.74, 6) is 0.